The van der Waals surface area contributed by atoms with Crippen molar-refractivity contribution in [1.82, 2.24) is 0 Å². The molecule has 0 aliphatic heterocycles. The van der Waals surface area contributed by atoms with E-state index in [2.05, 4.69) is 6.07 Å². The van der Waals surface area contributed by atoms with E-state index >= 15 is 0 Å². The van der Waals surface area contributed by atoms with Crippen molar-refractivity contribution >= 4 is 12.0 Å². The van der Waals surface area contributed by atoms with Crippen LogP contribution >= 0.6 is 0 Å². The van der Waals surface area contributed by atoms with Crippen molar-refractivity contribution in [3.63, 3.8) is 0 Å². The van der Waals surface area contributed by atoms with Crippen molar-refractivity contribution < 1.29 is 14.6 Å². The van der Waals surface area contributed by atoms with Gasteiger partial charge in [0.1, 0.15) is 5.75 Å². The molecule has 18 heavy (non-hydrogen) atoms. The maximum Gasteiger partial charge on any atom is 0.328 e. The van der Waals surface area contributed by atoms with Gasteiger partial charge in [0.25, 0.3) is 0 Å². The van der Waals surface area contributed by atoms with Gasteiger partial charge in [-0.25, -0.2) is 4.79 Å². The number of carboxylic acids is 1. The summed E-state index contributed by atoms with van der Waals surface area (Å²) >= 11 is 0. The number of para-hydroxylation sites is 1. The molecule has 0 bridgehead atoms. The number of hydrogen-bond acceptors (Lipinski definition) is 3. The van der Waals surface area contributed by atoms with E-state index < -0.39 is 5.97 Å². The summed E-state index contributed by atoms with van der Waals surface area (Å²) < 4.78 is 5.56. The lowest BCUT2D eigenvalue weighted by atomic mass is 10.2. The van der Waals surface area contributed by atoms with Gasteiger partial charge in [-0.05, 0) is 25.0 Å². The summed E-state index contributed by atoms with van der Waals surface area (Å²) in [7, 11) is 0. The van der Waals surface area contributed by atoms with E-state index in [9.17, 15) is 4.79 Å². The average Bonchev–Trinajstić information content (AvgIpc) is 2.37. The van der Waals surface area contributed by atoms with E-state index in [4.69, 9.17) is 15.1 Å². The Kier molecular flexibility index (Phi) is 6.05. The summed E-state index contributed by atoms with van der Waals surface area (Å²) in [5.41, 5.74) is 0.736. The lowest BCUT2D eigenvalue weighted by molar-refractivity contribution is -0.131. The maximum absolute atomic E-state index is 10.5. The summed E-state index contributed by atoms with van der Waals surface area (Å²) in [6.45, 7) is 0.527. The fourth-order valence-corrected chi connectivity index (χ4v) is 1.40. The molecule has 0 saturated heterocycles. The number of nitrogens with zero attached hydrogens (tertiary/aromatic N) is 1. The largest absolute Gasteiger partial charge is 0.493 e. The molecule has 1 aromatic rings. The lowest BCUT2D eigenvalue weighted by Crippen LogP contribution is -1.98. The molecule has 0 spiro atoms. The van der Waals surface area contributed by atoms with E-state index in [1.165, 1.54) is 6.08 Å². The molecule has 4 nitrogen and oxygen atoms in total. The Morgan fingerprint density at radius 3 is 2.89 bits per heavy atom. The van der Waals surface area contributed by atoms with Crippen molar-refractivity contribution in [3.05, 3.63) is 35.9 Å². The summed E-state index contributed by atoms with van der Waals surface area (Å²) in [5.74, 6) is -0.328. The SMILES string of the molecule is N#CCCCCOc1ccccc1C=CC(=O)O. The van der Waals surface area contributed by atoms with E-state index in [1.807, 2.05) is 12.1 Å². The van der Waals surface area contributed by atoms with Gasteiger partial charge in [0.05, 0.1) is 12.7 Å². The molecule has 0 radical (unpaired) electrons. The number of benzene rings is 1. The smallest absolute Gasteiger partial charge is 0.328 e. The van der Waals surface area contributed by atoms with Gasteiger partial charge in [0.15, 0.2) is 0 Å². The molecule has 0 unspecified atom stereocenters. The van der Waals surface area contributed by atoms with Gasteiger partial charge >= 0.3 is 5.97 Å². The van der Waals surface area contributed by atoms with Crippen LogP contribution in [-0.2, 0) is 4.79 Å². The summed E-state index contributed by atoms with van der Waals surface area (Å²) in [4.78, 5) is 10.5. The molecular weight excluding hydrogens is 230 g/mol. The molecular formula is C14H15NO3. The number of aliphatic carboxylic acids is 1. The number of nitriles is 1. The third-order valence-corrected chi connectivity index (χ3v) is 2.26. The molecule has 0 fully saturated rings. The van der Waals surface area contributed by atoms with Crippen molar-refractivity contribution in [2.45, 2.75) is 19.3 Å². The summed E-state index contributed by atoms with van der Waals surface area (Å²) in [6.07, 6.45) is 4.74. The van der Waals surface area contributed by atoms with Gasteiger partial charge < -0.3 is 9.84 Å². The van der Waals surface area contributed by atoms with Crippen molar-refractivity contribution in [1.29, 1.82) is 5.26 Å². The number of ether oxygens (including phenoxy) is 1. The molecule has 94 valence electrons. The van der Waals surface area contributed by atoms with Crippen molar-refractivity contribution in [2.24, 2.45) is 0 Å². The van der Waals surface area contributed by atoms with Crippen molar-refractivity contribution in [3.8, 4) is 11.8 Å². The highest BCUT2D eigenvalue weighted by Gasteiger charge is 2.00. The minimum Gasteiger partial charge on any atom is -0.493 e. The number of carboxylic acid groups (broad SMARTS) is 1. The Morgan fingerprint density at radius 1 is 1.39 bits per heavy atom. The highest BCUT2D eigenvalue weighted by atomic mass is 16.5. The van der Waals surface area contributed by atoms with Crippen LogP contribution in [0.15, 0.2) is 30.3 Å². The summed E-state index contributed by atoms with van der Waals surface area (Å²) in [6, 6.07) is 9.33. The molecule has 0 aromatic heterocycles. The number of unbranched alkanes of at least 4 members (excludes halogenated alkanes) is 2. The minimum atomic E-state index is -0.987. The van der Waals surface area contributed by atoms with Gasteiger partial charge in [-0.2, -0.15) is 5.26 Å². The zero-order valence-electron chi connectivity index (χ0n) is 10.0. The number of rotatable bonds is 7. The number of carbonyl (C=O) groups is 1. The van der Waals surface area contributed by atoms with Crippen LogP contribution in [0.4, 0.5) is 0 Å². The summed E-state index contributed by atoms with van der Waals surface area (Å²) in [5, 5.41) is 17.0. The van der Waals surface area contributed by atoms with E-state index in [0.717, 1.165) is 24.5 Å². The first-order valence-corrected chi connectivity index (χ1v) is 5.74. The third-order valence-electron chi connectivity index (χ3n) is 2.26. The topological polar surface area (TPSA) is 70.3 Å². The van der Waals surface area contributed by atoms with E-state index in [-0.39, 0.29) is 0 Å². The monoisotopic (exact) mass is 245 g/mol. The first kappa shape index (κ1) is 13.8. The fraction of sp³-hybridized carbons (Fsp3) is 0.286. The van der Waals surface area contributed by atoms with Crippen LogP contribution < -0.4 is 4.74 Å². The molecule has 1 rings (SSSR count). The van der Waals surface area contributed by atoms with Crippen LogP contribution in [0.5, 0.6) is 5.75 Å². The van der Waals surface area contributed by atoms with Gasteiger partial charge in [0, 0.05) is 18.1 Å². The van der Waals surface area contributed by atoms with Gasteiger partial charge in [-0.1, -0.05) is 18.2 Å². The van der Waals surface area contributed by atoms with Crippen LogP contribution in [0, 0.1) is 11.3 Å². The number of hydrogen-bond donors (Lipinski definition) is 1. The average molecular weight is 245 g/mol. The molecule has 1 aromatic carbocycles. The second-order valence-corrected chi connectivity index (χ2v) is 3.67. The Bertz CT molecular complexity index is 460. The highest BCUT2D eigenvalue weighted by molar-refractivity contribution is 5.85. The molecule has 0 heterocycles. The van der Waals surface area contributed by atoms with Gasteiger partial charge in [-0.15, -0.1) is 0 Å². The van der Waals surface area contributed by atoms with Gasteiger partial charge in [-0.3, -0.25) is 0 Å². The molecule has 1 N–H and O–H groups in total. The molecule has 0 aliphatic rings. The quantitative estimate of drug-likeness (QED) is 0.592. The van der Waals surface area contributed by atoms with Gasteiger partial charge in [0.2, 0.25) is 0 Å². The zero-order chi connectivity index (χ0) is 13.2. The molecule has 4 heteroatoms. The Balaban J connectivity index is 2.54. The first-order chi connectivity index (χ1) is 8.74. The second kappa shape index (κ2) is 7.91. The normalized spacial score (nSPS) is 10.2. The molecule has 0 atom stereocenters. The molecule has 0 aliphatic carbocycles. The minimum absolute atomic E-state index is 0.527. The van der Waals surface area contributed by atoms with Crippen LogP contribution in [0.25, 0.3) is 6.08 Å². The van der Waals surface area contributed by atoms with E-state index in [1.54, 1.807) is 12.1 Å². The predicted molar refractivity (Wildman–Crippen MR) is 68.1 cm³/mol. The second-order valence-electron chi connectivity index (χ2n) is 3.67. The lowest BCUT2D eigenvalue weighted by Gasteiger charge is -2.08. The Labute approximate surface area is 106 Å². The van der Waals surface area contributed by atoms with Crippen LogP contribution in [0.2, 0.25) is 0 Å². The van der Waals surface area contributed by atoms with E-state index in [0.29, 0.717) is 18.8 Å². The first-order valence-electron chi connectivity index (χ1n) is 5.74. The maximum atomic E-state index is 10.5. The standard InChI is InChI=1S/C14H15NO3/c15-10-4-1-5-11-18-13-7-3-2-6-12(13)8-9-14(16)17/h2-3,6-9H,1,4-5,11H2,(H,16,17). The van der Waals surface area contributed by atoms with Crippen LogP contribution in [0.1, 0.15) is 24.8 Å². The Hall–Kier alpha value is -2.28. The zero-order valence-corrected chi connectivity index (χ0v) is 10.0. The van der Waals surface area contributed by atoms with Crippen LogP contribution in [-0.4, -0.2) is 17.7 Å². The fourth-order valence-electron chi connectivity index (χ4n) is 1.40. The highest BCUT2D eigenvalue weighted by Crippen LogP contribution is 2.19. The molecule has 0 amide bonds. The Morgan fingerprint density at radius 2 is 2.17 bits per heavy atom. The van der Waals surface area contributed by atoms with Crippen molar-refractivity contribution in [2.75, 3.05) is 6.61 Å². The third kappa shape index (κ3) is 5.17. The van der Waals surface area contributed by atoms with Crippen LogP contribution in [0.3, 0.4) is 0 Å². The predicted octanol–water partition coefficient (Wildman–Crippen LogP) is 2.86. The molecule has 0 saturated carbocycles.